The Morgan fingerprint density at radius 1 is 1.38 bits per heavy atom. The molecule has 0 radical (unpaired) electrons. The van der Waals surface area contributed by atoms with Gasteiger partial charge in [-0.15, -0.1) is 0 Å². The lowest BCUT2D eigenvalue weighted by molar-refractivity contribution is 0.160. The standard InChI is InChI=1S/C8H9F2NO2/c1-13-8-3-7(10)6(9)2-5(8)4-11-12/h2-3,11-12H,4H2,1H3. The maximum absolute atomic E-state index is 12.7. The van der Waals surface area contributed by atoms with Gasteiger partial charge in [0.25, 0.3) is 0 Å². The molecule has 0 saturated carbocycles. The normalized spacial score (nSPS) is 10.2. The van der Waals surface area contributed by atoms with Crippen LogP contribution in [0.25, 0.3) is 0 Å². The molecule has 5 heteroatoms. The van der Waals surface area contributed by atoms with Gasteiger partial charge < -0.3 is 9.94 Å². The molecule has 0 aliphatic heterocycles. The molecule has 0 spiro atoms. The number of hydrogen-bond donors (Lipinski definition) is 2. The van der Waals surface area contributed by atoms with Crippen LogP contribution in [-0.4, -0.2) is 12.3 Å². The zero-order chi connectivity index (χ0) is 9.84. The summed E-state index contributed by atoms with van der Waals surface area (Å²) in [7, 11) is 1.34. The van der Waals surface area contributed by atoms with E-state index in [1.54, 1.807) is 0 Å². The Morgan fingerprint density at radius 2 is 2.00 bits per heavy atom. The molecule has 0 amide bonds. The van der Waals surface area contributed by atoms with E-state index in [1.807, 2.05) is 5.48 Å². The quantitative estimate of drug-likeness (QED) is 0.707. The Kier molecular flexibility index (Phi) is 3.16. The maximum Gasteiger partial charge on any atom is 0.162 e. The smallest absolute Gasteiger partial charge is 0.162 e. The minimum atomic E-state index is -0.974. The minimum Gasteiger partial charge on any atom is -0.496 e. The summed E-state index contributed by atoms with van der Waals surface area (Å²) in [4.78, 5) is 0. The summed E-state index contributed by atoms with van der Waals surface area (Å²) >= 11 is 0. The third-order valence-electron chi connectivity index (χ3n) is 1.59. The minimum absolute atomic E-state index is 0.000370. The number of ether oxygens (including phenoxy) is 1. The van der Waals surface area contributed by atoms with Crippen molar-refractivity contribution in [1.82, 2.24) is 5.48 Å². The highest BCUT2D eigenvalue weighted by Gasteiger charge is 2.09. The molecule has 0 aromatic heterocycles. The van der Waals surface area contributed by atoms with Gasteiger partial charge >= 0.3 is 0 Å². The van der Waals surface area contributed by atoms with Crippen LogP contribution in [0.4, 0.5) is 8.78 Å². The summed E-state index contributed by atoms with van der Waals surface area (Å²) < 4.78 is 30.1. The Morgan fingerprint density at radius 3 is 2.54 bits per heavy atom. The van der Waals surface area contributed by atoms with Crippen molar-refractivity contribution >= 4 is 0 Å². The fourth-order valence-electron chi connectivity index (χ4n) is 0.983. The second-order valence-electron chi connectivity index (χ2n) is 2.41. The van der Waals surface area contributed by atoms with Crippen LogP contribution in [0.15, 0.2) is 12.1 Å². The van der Waals surface area contributed by atoms with Crippen molar-refractivity contribution in [2.24, 2.45) is 0 Å². The highest BCUT2D eigenvalue weighted by atomic mass is 19.2. The first-order chi connectivity index (χ1) is 6.19. The number of hydroxylamine groups is 1. The zero-order valence-corrected chi connectivity index (χ0v) is 6.97. The van der Waals surface area contributed by atoms with E-state index in [9.17, 15) is 8.78 Å². The second kappa shape index (κ2) is 4.15. The molecule has 0 bridgehead atoms. The highest BCUT2D eigenvalue weighted by Crippen LogP contribution is 2.21. The largest absolute Gasteiger partial charge is 0.496 e. The summed E-state index contributed by atoms with van der Waals surface area (Å²) in [5.74, 6) is -1.75. The first-order valence-corrected chi connectivity index (χ1v) is 3.58. The van der Waals surface area contributed by atoms with Gasteiger partial charge in [0.2, 0.25) is 0 Å². The average Bonchev–Trinajstić information content (AvgIpc) is 2.11. The Bertz CT molecular complexity index is 304. The van der Waals surface area contributed by atoms with Crippen LogP contribution in [0, 0.1) is 11.6 Å². The van der Waals surface area contributed by atoms with Crippen molar-refractivity contribution in [3.8, 4) is 5.75 Å². The van der Waals surface area contributed by atoms with Gasteiger partial charge in [0.15, 0.2) is 11.6 Å². The molecule has 0 unspecified atom stereocenters. The highest BCUT2D eigenvalue weighted by molar-refractivity contribution is 5.34. The van der Waals surface area contributed by atoms with E-state index < -0.39 is 11.6 Å². The third kappa shape index (κ3) is 2.13. The fraction of sp³-hybridized carbons (Fsp3) is 0.250. The summed E-state index contributed by atoms with van der Waals surface area (Å²) in [6.45, 7) is 0.000370. The van der Waals surface area contributed by atoms with Crippen LogP contribution < -0.4 is 10.2 Å². The van der Waals surface area contributed by atoms with Crippen molar-refractivity contribution in [1.29, 1.82) is 0 Å². The predicted octanol–water partition coefficient (Wildman–Crippen LogP) is 1.45. The van der Waals surface area contributed by atoms with Crippen LogP contribution in [0.3, 0.4) is 0 Å². The number of nitrogens with one attached hydrogen (secondary N) is 1. The first kappa shape index (κ1) is 9.88. The topological polar surface area (TPSA) is 41.5 Å². The number of rotatable bonds is 3. The van der Waals surface area contributed by atoms with E-state index in [2.05, 4.69) is 0 Å². The van der Waals surface area contributed by atoms with E-state index in [0.717, 1.165) is 12.1 Å². The molecule has 1 rings (SSSR count). The lowest BCUT2D eigenvalue weighted by Crippen LogP contribution is -2.08. The van der Waals surface area contributed by atoms with E-state index >= 15 is 0 Å². The Balaban J connectivity index is 3.09. The molecular formula is C8H9F2NO2. The van der Waals surface area contributed by atoms with Gasteiger partial charge in [-0.2, -0.15) is 0 Å². The molecule has 13 heavy (non-hydrogen) atoms. The molecule has 0 atom stereocenters. The summed E-state index contributed by atoms with van der Waals surface area (Å²) in [5, 5.41) is 8.38. The van der Waals surface area contributed by atoms with Crippen molar-refractivity contribution < 1.29 is 18.7 Å². The molecule has 0 fully saturated rings. The third-order valence-corrected chi connectivity index (χ3v) is 1.59. The molecule has 1 aromatic rings. The predicted molar refractivity (Wildman–Crippen MR) is 41.5 cm³/mol. The summed E-state index contributed by atoms with van der Waals surface area (Å²) in [5.41, 5.74) is 2.19. The van der Waals surface area contributed by atoms with Gasteiger partial charge in [0.1, 0.15) is 5.75 Å². The SMILES string of the molecule is COc1cc(F)c(F)cc1CNO. The fourth-order valence-corrected chi connectivity index (χ4v) is 0.983. The van der Waals surface area contributed by atoms with Gasteiger partial charge in [-0.1, -0.05) is 0 Å². The van der Waals surface area contributed by atoms with Gasteiger partial charge in [-0.3, -0.25) is 0 Å². The van der Waals surface area contributed by atoms with E-state index in [4.69, 9.17) is 9.94 Å². The Hall–Kier alpha value is -1.20. The van der Waals surface area contributed by atoms with Crippen LogP contribution in [-0.2, 0) is 6.54 Å². The van der Waals surface area contributed by atoms with Crippen molar-refractivity contribution in [3.05, 3.63) is 29.3 Å². The van der Waals surface area contributed by atoms with Crippen LogP contribution in [0.2, 0.25) is 0 Å². The first-order valence-electron chi connectivity index (χ1n) is 3.58. The second-order valence-corrected chi connectivity index (χ2v) is 2.41. The number of methoxy groups -OCH3 is 1. The van der Waals surface area contributed by atoms with Crippen LogP contribution in [0.5, 0.6) is 5.75 Å². The van der Waals surface area contributed by atoms with Crippen LogP contribution in [0.1, 0.15) is 5.56 Å². The molecule has 0 aliphatic carbocycles. The summed E-state index contributed by atoms with van der Waals surface area (Å²) in [6, 6.07) is 1.90. The molecular weight excluding hydrogens is 180 g/mol. The molecule has 2 N–H and O–H groups in total. The number of hydrogen-bond acceptors (Lipinski definition) is 3. The monoisotopic (exact) mass is 189 g/mol. The molecule has 72 valence electrons. The van der Waals surface area contributed by atoms with Gasteiger partial charge in [0.05, 0.1) is 7.11 Å². The van der Waals surface area contributed by atoms with Crippen molar-refractivity contribution in [2.75, 3.05) is 7.11 Å². The van der Waals surface area contributed by atoms with E-state index in [0.29, 0.717) is 5.56 Å². The maximum atomic E-state index is 12.7. The Labute approximate surface area is 73.9 Å². The van der Waals surface area contributed by atoms with Crippen molar-refractivity contribution in [3.63, 3.8) is 0 Å². The lowest BCUT2D eigenvalue weighted by Gasteiger charge is -2.07. The van der Waals surface area contributed by atoms with Gasteiger partial charge in [-0.05, 0) is 6.07 Å². The summed E-state index contributed by atoms with van der Waals surface area (Å²) in [6.07, 6.45) is 0. The van der Waals surface area contributed by atoms with Gasteiger partial charge in [0, 0.05) is 18.2 Å². The van der Waals surface area contributed by atoms with E-state index in [-0.39, 0.29) is 12.3 Å². The van der Waals surface area contributed by atoms with Gasteiger partial charge in [-0.25, -0.2) is 14.3 Å². The van der Waals surface area contributed by atoms with Crippen LogP contribution >= 0.6 is 0 Å². The van der Waals surface area contributed by atoms with E-state index in [1.165, 1.54) is 7.11 Å². The molecule has 0 aliphatic rings. The van der Waals surface area contributed by atoms with Crippen molar-refractivity contribution in [2.45, 2.75) is 6.54 Å². The molecule has 3 nitrogen and oxygen atoms in total. The molecule has 0 heterocycles. The zero-order valence-electron chi connectivity index (χ0n) is 6.97. The number of halogens is 2. The molecule has 0 saturated heterocycles. The lowest BCUT2D eigenvalue weighted by atomic mass is 10.2. The number of benzene rings is 1. The average molecular weight is 189 g/mol. The molecule has 1 aromatic carbocycles.